The van der Waals surface area contributed by atoms with Crippen LogP contribution in [0, 0.1) is 11.8 Å². The van der Waals surface area contributed by atoms with E-state index in [4.69, 9.17) is 11.6 Å². The molecule has 0 heterocycles. The van der Waals surface area contributed by atoms with Crippen molar-refractivity contribution in [1.82, 2.24) is 5.32 Å². The Hall–Kier alpha value is -1.72. The summed E-state index contributed by atoms with van der Waals surface area (Å²) in [7, 11) is 0. The second-order valence-corrected chi connectivity index (χ2v) is 3.41. The lowest BCUT2D eigenvalue weighted by Crippen LogP contribution is -2.20. The Balaban J connectivity index is 2.50. The molecule has 1 N–H and O–H groups in total. The van der Waals surface area contributed by atoms with Crippen molar-refractivity contribution in [3.05, 3.63) is 47.0 Å². The van der Waals surface area contributed by atoms with Gasteiger partial charge in [-0.05, 0) is 25.1 Å². The van der Waals surface area contributed by atoms with Gasteiger partial charge in [0.15, 0.2) is 0 Å². The minimum atomic E-state index is -0.143. The first kappa shape index (κ1) is 12.4. The molecule has 0 fully saturated rings. The number of carbonyl (C=O) groups excluding carboxylic acids is 1. The number of halogens is 1. The second-order valence-electron chi connectivity index (χ2n) is 3.00. The molecule has 0 spiro atoms. The van der Waals surface area contributed by atoms with E-state index in [0.717, 1.165) is 5.56 Å². The van der Waals surface area contributed by atoms with Gasteiger partial charge in [-0.15, -0.1) is 0 Å². The van der Waals surface area contributed by atoms with Crippen LogP contribution < -0.4 is 5.32 Å². The van der Waals surface area contributed by atoms with Crippen LogP contribution in [0.2, 0.25) is 5.02 Å². The van der Waals surface area contributed by atoms with Crippen LogP contribution in [0.3, 0.4) is 0 Å². The van der Waals surface area contributed by atoms with E-state index >= 15 is 0 Å². The molecule has 0 aliphatic carbocycles. The Labute approximate surface area is 100 Å². The summed E-state index contributed by atoms with van der Waals surface area (Å²) in [6.45, 7) is 2.10. The third-order valence-electron chi connectivity index (χ3n) is 1.77. The van der Waals surface area contributed by atoms with Gasteiger partial charge in [0.1, 0.15) is 0 Å². The molecule has 0 saturated carbocycles. The van der Waals surface area contributed by atoms with Gasteiger partial charge in [0, 0.05) is 5.56 Å². The molecule has 1 amide bonds. The van der Waals surface area contributed by atoms with Crippen LogP contribution in [0.1, 0.15) is 12.5 Å². The number of allylic oxidation sites excluding steroid dienone is 1. The molecular weight excluding hydrogens is 222 g/mol. The number of hydrogen-bond acceptors (Lipinski definition) is 1. The molecule has 0 atom stereocenters. The van der Waals surface area contributed by atoms with Crippen molar-refractivity contribution in [2.24, 2.45) is 0 Å². The highest BCUT2D eigenvalue weighted by atomic mass is 35.5. The number of nitrogens with one attached hydrogen (secondary N) is 1. The minimum Gasteiger partial charge on any atom is -0.342 e. The van der Waals surface area contributed by atoms with Crippen LogP contribution in [0.4, 0.5) is 0 Å². The summed E-state index contributed by atoms with van der Waals surface area (Å²) in [6.07, 6.45) is 3.13. The normalized spacial score (nSPS) is 9.62. The molecule has 0 saturated heterocycles. The molecule has 3 heteroatoms. The maximum Gasteiger partial charge on any atom is 0.244 e. The van der Waals surface area contributed by atoms with E-state index in [1.54, 1.807) is 19.1 Å². The molecular formula is C13H12ClNO. The fraction of sp³-hybridized carbons (Fsp3) is 0.154. The monoisotopic (exact) mass is 233 g/mol. The maximum absolute atomic E-state index is 11.0. The van der Waals surface area contributed by atoms with Crippen LogP contribution in [-0.4, -0.2) is 12.5 Å². The fourth-order valence-corrected chi connectivity index (χ4v) is 1.23. The van der Waals surface area contributed by atoms with Gasteiger partial charge in [0.2, 0.25) is 5.91 Å². The summed E-state index contributed by atoms with van der Waals surface area (Å²) < 4.78 is 0. The number of hydrogen-bond donors (Lipinski definition) is 1. The molecule has 0 aromatic heterocycles. The van der Waals surface area contributed by atoms with Crippen molar-refractivity contribution < 1.29 is 4.79 Å². The van der Waals surface area contributed by atoms with E-state index in [2.05, 4.69) is 17.2 Å². The lowest BCUT2D eigenvalue weighted by Gasteiger charge is -1.94. The van der Waals surface area contributed by atoms with E-state index in [9.17, 15) is 4.79 Å². The molecule has 82 valence electrons. The number of rotatable bonds is 2. The zero-order valence-electron chi connectivity index (χ0n) is 8.96. The summed E-state index contributed by atoms with van der Waals surface area (Å²) in [6, 6.07) is 7.34. The van der Waals surface area contributed by atoms with Gasteiger partial charge in [-0.1, -0.05) is 41.7 Å². The topological polar surface area (TPSA) is 29.1 Å². The van der Waals surface area contributed by atoms with Crippen molar-refractivity contribution in [1.29, 1.82) is 0 Å². The van der Waals surface area contributed by atoms with E-state index in [-0.39, 0.29) is 5.91 Å². The van der Waals surface area contributed by atoms with Gasteiger partial charge >= 0.3 is 0 Å². The molecule has 1 aromatic carbocycles. The molecule has 0 aliphatic heterocycles. The highest BCUT2D eigenvalue weighted by molar-refractivity contribution is 6.31. The standard InChI is InChI=1S/C13H12ClNO/c1-2-6-13(16)15-10-5-8-11-7-3-4-9-12(11)14/h2-4,6-7,9H,10H2,1H3,(H,15,16)/b6-2+. The third kappa shape index (κ3) is 4.20. The Morgan fingerprint density at radius 2 is 2.25 bits per heavy atom. The first-order chi connectivity index (χ1) is 7.74. The first-order valence-corrected chi connectivity index (χ1v) is 5.25. The van der Waals surface area contributed by atoms with Crippen molar-refractivity contribution in [2.45, 2.75) is 6.92 Å². The summed E-state index contributed by atoms with van der Waals surface area (Å²) >= 11 is 5.91. The second kappa shape index (κ2) is 6.71. The highest BCUT2D eigenvalue weighted by Gasteiger charge is 1.93. The van der Waals surface area contributed by atoms with E-state index in [0.29, 0.717) is 11.6 Å². The molecule has 0 radical (unpaired) electrons. The van der Waals surface area contributed by atoms with Crippen molar-refractivity contribution in [3.8, 4) is 11.8 Å². The summed E-state index contributed by atoms with van der Waals surface area (Å²) in [4.78, 5) is 11.0. The predicted octanol–water partition coefficient (Wildman–Crippen LogP) is 2.38. The van der Waals surface area contributed by atoms with Crippen LogP contribution in [-0.2, 0) is 4.79 Å². The largest absolute Gasteiger partial charge is 0.342 e. The van der Waals surface area contributed by atoms with Gasteiger partial charge in [0.25, 0.3) is 0 Å². The third-order valence-corrected chi connectivity index (χ3v) is 2.10. The van der Waals surface area contributed by atoms with Crippen LogP contribution >= 0.6 is 11.6 Å². The molecule has 16 heavy (non-hydrogen) atoms. The first-order valence-electron chi connectivity index (χ1n) is 4.88. The lowest BCUT2D eigenvalue weighted by atomic mass is 10.2. The zero-order valence-corrected chi connectivity index (χ0v) is 9.71. The van der Waals surface area contributed by atoms with Gasteiger partial charge in [-0.3, -0.25) is 4.79 Å². The van der Waals surface area contributed by atoms with E-state index in [1.807, 2.05) is 18.2 Å². The molecule has 0 bridgehead atoms. The number of amides is 1. The Morgan fingerprint density at radius 1 is 1.50 bits per heavy atom. The zero-order chi connectivity index (χ0) is 11.8. The molecule has 1 aromatic rings. The number of benzene rings is 1. The van der Waals surface area contributed by atoms with Crippen molar-refractivity contribution in [3.63, 3.8) is 0 Å². The number of carbonyl (C=O) groups is 1. The average Bonchev–Trinajstić information content (AvgIpc) is 2.27. The summed E-state index contributed by atoms with van der Waals surface area (Å²) in [5.74, 6) is 5.58. The molecule has 0 aliphatic rings. The van der Waals surface area contributed by atoms with Crippen LogP contribution in [0.15, 0.2) is 36.4 Å². The van der Waals surface area contributed by atoms with E-state index in [1.165, 1.54) is 6.08 Å². The summed E-state index contributed by atoms with van der Waals surface area (Å²) in [5.41, 5.74) is 0.768. The maximum atomic E-state index is 11.0. The quantitative estimate of drug-likeness (QED) is 0.617. The SMILES string of the molecule is C/C=C/C(=O)NCC#Cc1ccccc1Cl. The Bertz CT molecular complexity index is 454. The van der Waals surface area contributed by atoms with Gasteiger partial charge in [-0.25, -0.2) is 0 Å². The van der Waals surface area contributed by atoms with Crippen LogP contribution in [0.25, 0.3) is 0 Å². The Kier molecular flexibility index (Phi) is 5.18. The molecule has 2 nitrogen and oxygen atoms in total. The smallest absolute Gasteiger partial charge is 0.244 e. The minimum absolute atomic E-state index is 0.143. The van der Waals surface area contributed by atoms with Gasteiger partial charge in [0.05, 0.1) is 11.6 Å². The summed E-state index contributed by atoms with van der Waals surface area (Å²) in [5, 5.41) is 3.25. The highest BCUT2D eigenvalue weighted by Crippen LogP contribution is 2.12. The van der Waals surface area contributed by atoms with Gasteiger partial charge < -0.3 is 5.32 Å². The van der Waals surface area contributed by atoms with Crippen molar-refractivity contribution in [2.75, 3.05) is 6.54 Å². The van der Waals surface area contributed by atoms with Crippen LogP contribution in [0.5, 0.6) is 0 Å². The van der Waals surface area contributed by atoms with Crippen molar-refractivity contribution >= 4 is 17.5 Å². The van der Waals surface area contributed by atoms with E-state index < -0.39 is 0 Å². The lowest BCUT2D eigenvalue weighted by molar-refractivity contribution is -0.116. The Morgan fingerprint density at radius 3 is 2.94 bits per heavy atom. The predicted molar refractivity (Wildman–Crippen MR) is 66.2 cm³/mol. The molecule has 0 unspecified atom stereocenters. The molecule has 1 rings (SSSR count). The van der Waals surface area contributed by atoms with Gasteiger partial charge in [-0.2, -0.15) is 0 Å². The average molecular weight is 234 g/mol. The fourth-order valence-electron chi connectivity index (χ4n) is 1.04.